The highest BCUT2D eigenvalue weighted by Gasteiger charge is 2.25. The summed E-state index contributed by atoms with van der Waals surface area (Å²) >= 11 is 0. The van der Waals surface area contributed by atoms with Gasteiger partial charge in [-0.05, 0) is 30.4 Å². The Hall–Kier alpha value is -1.85. The molecule has 1 aromatic heterocycles. The number of aromatic nitrogens is 1. The molecule has 1 aromatic carbocycles. The van der Waals surface area contributed by atoms with Crippen LogP contribution >= 0.6 is 0 Å². The number of carbonyl (C=O) groups excluding carboxylic acids is 1. The van der Waals surface area contributed by atoms with E-state index >= 15 is 0 Å². The van der Waals surface area contributed by atoms with Gasteiger partial charge in [-0.15, -0.1) is 0 Å². The van der Waals surface area contributed by atoms with Crippen molar-refractivity contribution in [2.45, 2.75) is 18.8 Å². The third kappa shape index (κ3) is 2.42. The first kappa shape index (κ1) is 13.1. The standard InChI is InChI=1S/C15H19N3O2/c16-20-10-15(19)18-7-5-11(6-8-18)13-9-17-14-4-2-1-3-12(13)14/h1-4,9,11,17H,5-8,10,16H2. The first-order valence-corrected chi connectivity index (χ1v) is 6.95. The Balaban J connectivity index is 1.70. The number of piperidine rings is 1. The summed E-state index contributed by atoms with van der Waals surface area (Å²) in [5.74, 6) is 5.44. The van der Waals surface area contributed by atoms with Crippen molar-refractivity contribution in [3.63, 3.8) is 0 Å². The van der Waals surface area contributed by atoms with Crippen molar-refractivity contribution in [3.05, 3.63) is 36.0 Å². The Morgan fingerprint density at radius 3 is 2.85 bits per heavy atom. The van der Waals surface area contributed by atoms with E-state index < -0.39 is 0 Å². The van der Waals surface area contributed by atoms with E-state index in [4.69, 9.17) is 5.90 Å². The zero-order chi connectivity index (χ0) is 13.9. The van der Waals surface area contributed by atoms with Crippen molar-refractivity contribution in [2.75, 3.05) is 19.7 Å². The minimum absolute atomic E-state index is 0.0233. The van der Waals surface area contributed by atoms with Crippen LogP contribution in [0.15, 0.2) is 30.5 Å². The SMILES string of the molecule is NOCC(=O)N1CCC(c2c[nH]c3ccccc23)CC1. The van der Waals surface area contributed by atoms with Gasteiger partial charge in [0, 0.05) is 30.2 Å². The predicted octanol–water partition coefficient (Wildman–Crippen LogP) is 1.76. The number of amides is 1. The van der Waals surface area contributed by atoms with E-state index in [9.17, 15) is 4.79 Å². The summed E-state index contributed by atoms with van der Waals surface area (Å²) in [5, 5.41) is 1.29. The monoisotopic (exact) mass is 273 g/mol. The molecular weight excluding hydrogens is 254 g/mol. The van der Waals surface area contributed by atoms with Gasteiger partial charge >= 0.3 is 0 Å². The maximum atomic E-state index is 11.7. The fraction of sp³-hybridized carbons (Fsp3) is 0.400. The number of nitrogens with two attached hydrogens (primary N) is 1. The number of rotatable bonds is 3. The average molecular weight is 273 g/mol. The minimum atomic E-state index is -0.0300. The molecule has 20 heavy (non-hydrogen) atoms. The fourth-order valence-corrected chi connectivity index (χ4v) is 3.03. The molecule has 2 heterocycles. The molecule has 0 bridgehead atoms. The number of nitrogens with zero attached hydrogens (tertiary/aromatic N) is 1. The second-order valence-electron chi connectivity index (χ2n) is 5.26. The van der Waals surface area contributed by atoms with Crippen molar-refractivity contribution in [1.29, 1.82) is 0 Å². The summed E-state index contributed by atoms with van der Waals surface area (Å²) in [6, 6.07) is 8.35. The second-order valence-corrected chi connectivity index (χ2v) is 5.26. The van der Waals surface area contributed by atoms with Crippen LogP contribution in [0.4, 0.5) is 0 Å². The van der Waals surface area contributed by atoms with Crippen LogP contribution in [0.5, 0.6) is 0 Å². The zero-order valence-corrected chi connectivity index (χ0v) is 11.3. The summed E-state index contributed by atoms with van der Waals surface area (Å²) in [6.45, 7) is 1.51. The van der Waals surface area contributed by atoms with E-state index in [-0.39, 0.29) is 12.5 Å². The van der Waals surface area contributed by atoms with Crippen molar-refractivity contribution in [2.24, 2.45) is 5.90 Å². The van der Waals surface area contributed by atoms with Gasteiger partial charge in [0.2, 0.25) is 0 Å². The van der Waals surface area contributed by atoms with Crippen LogP contribution in [0, 0.1) is 0 Å². The van der Waals surface area contributed by atoms with E-state index in [0.717, 1.165) is 25.9 Å². The smallest absolute Gasteiger partial charge is 0.250 e. The number of para-hydroxylation sites is 1. The largest absolute Gasteiger partial charge is 0.361 e. The Labute approximate surface area is 117 Å². The van der Waals surface area contributed by atoms with Crippen molar-refractivity contribution < 1.29 is 9.63 Å². The lowest BCUT2D eigenvalue weighted by atomic mass is 9.89. The van der Waals surface area contributed by atoms with Crippen LogP contribution < -0.4 is 5.90 Å². The van der Waals surface area contributed by atoms with Crippen molar-refractivity contribution >= 4 is 16.8 Å². The third-order valence-corrected chi connectivity index (χ3v) is 4.12. The molecule has 0 aliphatic carbocycles. The van der Waals surface area contributed by atoms with Crippen LogP contribution in [0.2, 0.25) is 0 Å². The average Bonchev–Trinajstić information content (AvgIpc) is 2.92. The molecule has 0 saturated carbocycles. The molecule has 1 fully saturated rings. The number of benzene rings is 1. The summed E-state index contributed by atoms with van der Waals surface area (Å²) < 4.78 is 0. The summed E-state index contributed by atoms with van der Waals surface area (Å²) in [7, 11) is 0. The fourth-order valence-electron chi connectivity index (χ4n) is 3.03. The van der Waals surface area contributed by atoms with Gasteiger partial charge < -0.3 is 9.88 Å². The van der Waals surface area contributed by atoms with Crippen molar-refractivity contribution in [3.8, 4) is 0 Å². The quantitative estimate of drug-likeness (QED) is 0.837. The second kappa shape index (κ2) is 5.64. The van der Waals surface area contributed by atoms with Crippen LogP contribution in [0.25, 0.3) is 10.9 Å². The number of carbonyl (C=O) groups is 1. The molecule has 0 unspecified atom stereocenters. The molecular formula is C15H19N3O2. The van der Waals surface area contributed by atoms with E-state index in [0.29, 0.717) is 5.92 Å². The number of H-pyrrole nitrogens is 1. The molecule has 1 saturated heterocycles. The molecule has 5 heteroatoms. The topological polar surface area (TPSA) is 71.3 Å². The normalized spacial score (nSPS) is 16.8. The van der Waals surface area contributed by atoms with Crippen LogP contribution in [-0.4, -0.2) is 35.5 Å². The van der Waals surface area contributed by atoms with Gasteiger partial charge in [0.15, 0.2) is 0 Å². The lowest BCUT2D eigenvalue weighted by molar-refractivity contribution is -0.137. The lowest BCUT2D eigenvalue weighted by Gasteiger charge is -2.31. The Morgan fingerprint density at radius 2 is 2.10 bits per heavy atom. The van der Waals surface area contributed by atoms with E-state index in [1.807, 2.05) is 11.0 Å². The molecule has 2 aromatic rings. The molecule has 0 spiro atoms. The maximum absolute atomic E-state index is 11.7. The number of likely N-dealkylation sites (tertiary alicyclic amines) is 1. The van der Waals surface area contributed by atoms with E-state index in [2.05, 4.69) is 34.2 Å². The van der Waals surface area contributed by atoms with Gasteiger partial charge in [0.05, 0.1) is 0 Å². The highest BCUT2D eigenvalue weighted by Crippen LogP contribution is 2.32. The molecule has 5 nitrogen and oxygen atoms in total. The number of fused-ring (bicyclic) bond motifs is 1. The number of hydrogen-bond acceptors (Lipinski definition) is 3. The van der Waals surface area contributed by atoms with Gasteiger partial charge in [-0.25, -0.2) is 5.90 Å². The molecule has 1 aliphatic heterocycles. The minimum Gasteiger partial charge on any atom is -0.361 e. The predicted molar refractivity (Wildman–Crippen MR) is 77.0 cm³/mol. The number of hydrogen-bond donors (Lipinski definition) is 2. The van der Waals surface area contributed by atoms with Crippen LogP contribution in [0.1, 0.15) is 24.3 Å². The Bertz CT molecular complexity index is 600. The first-order valence-electron chi connectivity index (χ1n) is 6.95. The van der Waals surface area contributed by atoms with Gasteiger partial charge in [-0.3, -0.25) is 9.63 Å². The number of nitrogens with one attached hydrogen (secondary N) is 1. The maximum Gasteiger partial charge on any atom is 0.250 e. The molecule has 0 atom stereocenters. The Morgan fingerprint density at radius 1 is 1.35 bits per heavy atom. The van der Waals surface area contributed by atoms with Gasteiger partial charge in [0.1, 0.15) is 6.61 Å². The summed E-state index contributed by atoms with van der Waals surface area (Å²) in [4.78, 5) is 21.3. The lowest BCUT2D eigenvalue weighted by Crippen LogP contribution is -2.40. The van der Waals surface area contributed by atoms with E-state index in [1.54, 1.807) is 0 Å². The molecule has 106 valence electrons. The molecule has 3 N–H and O–H groups in total. The molecule has 0 radical (unpaired) electrons. The Kier molecular flexibility index (Phi) is 3.71. The van der Waals surface area contributed by atoms with Gasteiger partial charge in [-0.2, -0.15) is 0 Å². The molecule has 3 rings (SSSR count). The zero-order valence-electron chi connectivity index (χ0n) is 11.3. The molecule has 1 aliphatic rings. The van der Waals surface area contributed by atoms with Gasteiger partial charge in [-0.1, -0.05) is 18.2 Å². The molecule has 1 amide bonds. The van der Waals surface area contributed by atoms with Crippen molar-refractivity contribution in [1.82, 2.24) is 9.88 Å². The first-order chi connectivity index (χ1) is 9.79. The van der Waals surface area contributed by atoms with Crippen LogP contribution in [0.3, 0.4) is 0 Å². The summed E-state index contributed by atoms with van der Waals surface area (Å²) in [5.41, 5.74) is 2.54. The highest BCUT2D eigenvalue weighted by molar-refractivity contribution is 5.83. The van der Waals surface area contributed by atoms with Gasteiger partial charge in [0.25, 0.3) is 5.91 Å². The number of aromatic amines is 1. The third-order valence-electron chi connectivity index (χ3n) is 4.12. The highest BCUT2D eigenvalue weighted by atomic mass is 16.6. The summed E-state index contributed by atoms with van der Waals surface area (Å²) in [6.07, 6.45) is 4.08. The van der Waals surface area contributed by atoms with E-state index in [1.165, 1.54) is 16.5 Å². The van der Waals surface area contributed by atoms with Crippen LogP contribution in [-0.2, 0) is 9.63 Å².